The molecule has 0 unspecified atom stereocenters. The molecule has 0 amide bonds. The predicted molar refractivity (Wildman–Crippen MR) is 89.4 cm³/mol. The molecule has 1 rings (SSSR count). The van der Waals surface area contributed by atoms with Crippen molar-refractivity contribution >= 4 is 31.9 Å². The number of nitrogens with zero attached hydrogens (tertiary/aromatic N) is 1. The molecule has 0 aliphatic heterocycles. The molecule has 7 heteroatoms. The molecule has 1 N–H and O–H groups in total. The number of aliphatic carboxylic acids is 1. The molecular formula is C15H22BrNO4S. The van der Waals surface area contributed by atoms with Crippen LogP contribution in [0.4, 0.5) is 0 Å². The fourth-order valence-electron chi connectivity index (χ4n) is 2.55. The summed E-state index contributed by atoms with van der Waals surface area (Å²) in [5.41, 5.74) is -0.137. The molecule has 0 saturated heterocycles. The van der Waals surface area contributed by atoms with Crippen molar-refractivity contribution in [3.8, 4) is 0 Å². The largest absolute Gasteiger partial charge is 0.481 e. The lowest BCUT2D eigenvalue weighted by Gasteiger charge is -2.37. The van der Waals surface area contributed by atoms with Crippen LogP contribution in [0.3, 0.4) is 0 Å². The van der Waals surface area contributed by atoms with Crippen LogP contribution in [0.15, 0.2) is 27.6 Å². The number of carbonyl (C=O) groups is 1. The Morgan fingerprint density at radius 2 is 1.86 bits per heavy atom. The Bertz CT molecular complexity index is 663. The number of carboxylic acid groups (broad SMARTS) is 1. The Hall–Kier alpha value is -0.920. The first-order valence-electron chi connectivity index (χ1n) is 6.92. The van der Waals surface area contributed by atoms with Crippen molar-refractivity contribution in [1.29, 1.82) is 0 Å². The van der Waals surface area contributed by atoms with E-state index in [2.05, 4.69) is 15.9 Å². The van der Waals surface area contributed by atoms with Gasteiger partial charge in [0.1, 0.15) is 0 Å². The molecule has 0 aliphatic carbocycles. The molecule has 0 saturated carbocycles. The second-order valence-corrected chi connectivity index (χ2v) is 9.04. The summed E-state index contributed by atoms with van der Waals surface area (Å²) in [7, 11) is -3.75. The van der Waals surface area contributed by atoms with Crippen molar-refractivity contribution in [3.05, 3.63) is 28.2 Å². The van der Waals surface area contributed by atoms with Crippen LogP contribution in [-0.4, -0.2) is 35.4 Å². The van der Waals surface area contributed by atoms with Crippen LogP contribution >= 0.6 is 15.9 Å². The van der Waals surface area contributed by atoms with Crippen LogP contribution in [0.1, 0.15) is 40.2 Å². The van der Waals surface area contributed by atoms with E-state index in [1.165, 1.54) is 10.4 Å². The van der Waals surface area contributed by atoms with Gasteiger partial charge in [0, 0.05) is 16.1 Å². The smallest absolute Gasteiger partial charge is 0.307 e. The predicted octanol–water partition coefficient (Wildman–Crippen LogP) is 3.27. The van der Waals surface area contributed by atoms with E-state index in [1.807, 2.05) is 34.6 Å². The summed E-state index contributed by atoms with van der Waals surface area (Å²) >= 11 is 3.26. The van der Waals surface area contributed by atoms with Crippen LogP contribution in [-0.2, 0) is 21.2 Å². The number of hydrogen-bond donors (Lipinski definition) is 1. The minimum Gasteiger partial charge on any atom is -0.481 e. The first kappa shape index (κ1) is 19.1. The highest BCUT2D eigenvalue weighted by atomic mass is 79.9. The van der Waals surface area contributed by atoms with Gasteiger partial charge in [-0.15, -0.1) is 0 Å². The minimum atomic E-state index is -3.75. The van der Waals surface area contributed by atoms with Crippen LogP contribution in [0.2, 0.25) is 0 Å². The van der Waals surface area contributed by atoms with E-state index in [0.717, 1.165) is 0 Å². The number of sulfonamides is 1. The Morgan fingerprint density at radius 3 is 2.27 bits per heavy atom. The molecular weight excluding hydrogens is 370 g/mol. The van der Waals surface area contributed by atoms with Gasteiger partial charge in [-0.1, -0.05) is 6.07 Å². The third kappa shape index (κ3) is 4.30. The number of rotatable bonds is 5. The number of halogens is 1. The lowest BCUT2D eigenvalue weighted by Crippen LogP contribution is -2.49. The van der Waals surface area contributed by atoms with Gasteiger partial charge >= 0.3 is 5.97 Å². The summed E-state index contributed by atoms with van der Waals surface area (Å²) in [6.45, 7) is 9.13. The normalized spacial score (nSPS) is 12.9. The van der Waals surface area contributed by atoms with Gasteiger partial charge in [-0.2, -0.15) is 4.31 Å². The van der Waals surface area contributed by atoms with Crippen molar-refractivity contribution in [3.63, 3.8) is 0 Å². The van der Waals surface area contributed by atoms with E-state index in [1.54, 1.807) is 12.1 Å². The maximum absolute atomic E-state index is 13.0. The summed E-state index contributed by atoms with van der Waals surface area (Å²) in [4.78, 5) is 10.9. The Labute approximate surface area is 140 Å². The van der Waals surface area contributed by atoms with Gasteiger partial charge in [-0.3, -0.25) is 4.79 Å². The standard InChI is InChI=1S/C15H22BrNO4S/c1-10(2)17(15(3,4)5)22(20,21)13-8-11(9-14(18)19)6-7-12(13)16/h6-8,10H,9H2,1-5H3,(H,18,19). The lowest BCUT2D eigenvalue weighted by atomic mass is 10.1. The average Bonchev–Trinajstić information content (AvgIpc) is 2.27. The van der Waals surface area contributed by atoms with Crippen molar-refractivity contribution < 1.29 is 18.3 Å². The van der Waals surface area contributed by atoms with Gasteiger partial charge < -0.3 is 5.11 Å². The number of carboxylic acids is 1. The van der Waals surface area contributed by atoms with Crippen molar-refractivity contribution in [2.75, 3.05) is 0 Å². The van der Waals surface area contributed by atoms with Gasteiger partial charge in [-0.25, -0.2) is 8.42 Å². The third-order valence-electron chi connectivity index (χ3n) is 3.02. The maximum Gasteiger partial charge on any atom is 0.307 e. The topological polar surface area (TPSA) is 74.7 Å². The Morgan fingerprint density at radius 1 is 1.32 bits per heavy atom. The fraction of sp³-hybridized carbons (Fsp3) is 0.533. The van der Waals surface area contributed by atoms with E-state index >= 15 is 0 Å². The zero-order chi connectivity index (χ0) is 17.3. The molecule has 124 valence electrons. The summed E-state index contributed by atoms with van der Waals surface area (Å²) in [6.07, 6.45) is -0.215. The Kier molecular flexibility index (Phi) is 5.81. The molecule has 0 spiro atoms. The monoisotopic (exact) mass is 391 g/mol. The molecule has 1 aromatic rings. The molecule has 0 bridgehead atoms. The zero-order valence-electron chi connectivity index (χ0n) is 13.4. The van der Waals surface area contributed by atoms with E-state index in [4.69, 9.17) is 5.11 Å². The molecule has 0 radical (unpaired) electrons. The van der Waals surface area contributed by atoms with Gasteiger partial charge in [0.2, 0.25) is 10.0 Å². The maximum atomic E-state index is 13.0. The van der Waals surface area contributed by atoms with Crippen molar-refractivity contribution in [2.24, 2.45) is 0 Å². The summed E-state index contributed by atoms with van der Waals surface area (Å²) in [5, 5.41) is 8.89. The van der Waals surface area contributed by atoms with Gasteiger partial charge in [0.25, 0.3) is 0 Å². The molecule has 0 aliphatic rings. The van der Waals surface area contributed by atoms with Gasteiger partial charge in [-0.05, 0) is 68.2 Å². The molecule has 1 aromatic carbocycles. The molecule has 22 heavy (non-hydrogen) atoms. The first-order valence-corrected chi connectivity index (χ1v) is 9.15. The zero-order valence-corrected chi connectivity index (χ0v) is 15.8. The molecule has 0 fully saturated rings. The second-order valence-electron chi connectivity index (χ2n) is 6.40. The highest BCUT2D eigenvalue weighted by Crippen LogP contribution is 2.32. The van der Waals surface area contributed by atoms with Gasteiger partial charge in [0.05, 0.1) is 11.3 Å². The van der Waals surface area contributed by atoms with E-state index in [0.29, 0.717) is 10.0 Å². The molecule has 5 nitrogen and oxygen atoms in total. The van der Waals surface area contributed by atoms with Crippen molar-refractivity contribution in [2.45, 2.75) is 57.5 Å². The molecule has 0 atom stereocenters. The Balaban J connectivity index is 3.47. The highest BCUT2D eigenvalue weighted by molar-refractivity contribution is 9.10. The summed E-state index contributed by atoms with van der Waals surface area (Å²) < 4.78 is 27.9. The quantitative estimate of drug-likeness (QED) is 0.835. The number of hydrogen-bond acceptors (Lipinski definition) is 3. The summed E-state index contributed by atoms with van der Waals surface area (Å²) in [5.74, 6) is -0.998. The van der Waals surface area contributed by atoms with Crippen LogP contribution in [0.25, 0.3) is 0 Å². The first-order chi connectivity index (χ1) is 9.87. The average molecular weight is 392 g/mol. The van der Waals surface area contributed by atoms with E-state index in [9.17, 15) is 13.2 Å². The van der Waals surface area contributed by atoms with Crippen LogP contribution in [0.5, 0.6) is 0 Å². The SMILES string of the molecule is CC(C)N(C(C)(C)C)S(=O)(=O)c1cc(CC(=O)O)ccc1Br. The summed E-state index contributed by atoms with van der Waals surface area (Å²) in [6, 6.07) is 4.38. The molecule has 0 heterocycles. The van der Waals surface area contributed by atoms with Crippen LogP contribution in [0, 0.1) is 0 Å². The molecule has 0 aromatic heterocycles. The van der Waals surface area contributed by atoms with Crippen LogP contribution < -0.4 is 0 Å². The fourth-order valence-corrected chi connectivity index (χ4v) is 5.51. The third-order valence-corrected chi connectivity index (χ3v) is 6.35. The van der Waals surface area contributed by atoms with E-state index < -0.39 is 21.5 Å². The second kappa shape index (κ2) is 6.68. The van der Waals surface area contributed by atoms with Crippen molar-refractivity contribution in [1.82, 2.24) is 4.31 Å². The number of benzene rings is 1. The lowest BCUT2D eigenvalue weighted by molar-refractivity contribution is -0.136. The highest BCUT2D eigenvalue weighted by Gasteiger charge is 2.37. The van der Waals surface area contributed by atoms with Gasteiger partial charge in [0.15, 0.2) is 0 Å². The minimum absolute atomic E-state index is 0.0925. The van der Waals surface area contributed by atoms with E-state index in [-0.39, 0.29) is 17.4 Å².